The number of halogens is 1. The molecule has 0 aliphatic heterocycles. The van der Waals surface area contributed by atoms with Crippen molar-refractivity contribution in [2.45, 2.75) is 6.54 Å². The van der Waals surface area contributed by atoms with Crippen LogP contribution >= 0.6 is 22.9 Å². The van der Waals surface area contributed by atoms with Crippen LogP contribution in [0.25, 0.3) is 0 Å². The highest BCUT2D eigenvalue weighted by Crippen LogP contribution is 2.26. The molecule has 0 unspecified atom stereocenters. The van der Waals surface area contributed by atoms with E-state index in [0.717, 1.165) is 6.26 Å². The molecule has 0 saturated heterocycles. The summed E-state index contributed by atoms with van der Waals surface area (Å²) < 4.78 is 24.8. The van der Waals surface area contributed by atoms with Crippen molar-refractivity contribution in [2.75, 3.05) is 16.3 Å². The molecular weight excluding hydrogens is 304 g/mol. The van der Waals surface area contributed by atoms with Gasteiger partial charge in [0.25, 0.3) is 0 Å². The molecule has 0 saturated carbocycles. The van der Waals surface area contributed by atoms with E-state index in [0.29, 0.717) is 22.9 Å². The lowest BCUT2D eigenvalue weighted by atomic mass is 10.3. The quantitative estimate of drug-likeness (QED) is 0.889. The molecule has 0 radical (unpaired) electrons. The first-order valence-corrected chi connectivity index (χ1v) is 8.62. The van der Waals surface area contributed by atoms with Gasteiger partial charge in [0.05, 0.1) is 22.7 Å². The van der Waals surface area contributed by atoms with E-state index in [1.807, 2.05) is 17.5 Å². The highest BCUT2D eigenvalue weighted by Gasteiger charge is 2.06. The van der Waals surface area contributed by atoms with Crippen LogP contribution < -0.4 is 10.0 Å². The molecular formula is C12H13ClN2O2S2. The van der Waals surface area contributed by atoms with Crippen LogP contribution in [0.3, 0.4) is 0 Å². The van der Waals surface area contributed by atoms with Gasteiger partial charge in [-0.2, -0.15) is 0 Å². The summed E-state index contributed by atoms with van der Waals surface area (Å²) in [5, 5.41) is 5.74. The lowest BCUT2D eigenvalue weighted by Gasteiger charge is -2.10. The average Bonchev–Trinajstić information content (AvgIpc) is 2.81. The maximum Gasteiger partial charge on any atom is 0.229 e. The Morgan fingerprint density at radius 1 is 1.32 bits per heavy atom. The van der Waals surface area contributed by atoms with Crippen LogP contribution in [0.15, 0.2) is 35.7 Å². The second-order valence-corrected chi connectivity index (χ2v) is 7.19. The molecule has 1 heterocycles. The van der Waals surface area contributed by atoms with E-state index < -0.39 is 10.0 Å². The van der Waals surface area contributed by atoms with E-state index >= 15 is 0 Å². The van der Waals surface area contributed by atoms with Crippen molar-refractivity contribution in [3.05, 3.63) is 45.6 Å². The zero-order valence-corrected chi connectivity index (χ0v) is 12.6. The number of hydrogen-bond donors (Lipinski definition) is 2. The molecule has 0 aliphatic carbocycles. The summed E-state index contributed by atoms with van der Waals surface area (Å²) >= 11 is 7.72. The number of nitrogens with one attached hydrogen (secondary N) is 2. The predicted octanol–water partition coefficient (Wildman–Crippen LogP) is 3.39. The first-order valence-electron chi connectivity index (χ1n) is 5.47. The largest absolute Gasteiger partial charge is 0.379 e. The van der Waals surface area contributed by atoms with Gasteiger partial charge in [-0.05, 0) is 29.6 Å². The van der Waals surface area contributed by atoms with Crippen molar-refractivity contribution >= 4 is 44.3 Å². The molecule has 19 heavy (non-hydrogen) atoms. The van der Waals surface area contributed by atoms with Gasteiger partial charge in [-0.3, -0.25) is 4.72 Å². The maximum absolute atomic E-state index is 11.2. The lowest BCUT2D eigenvalue weighted by Crippen LogP contribution is -2.09. The molecule has 102 valence electrons. The normalized spacial score (nSPS) is 11.3. The standard InChI is InChI=1S/C12H13ClN2O2S2/c1-19(16,17)15-9-4-5-11(13)12(7-9)14-8-10-3-2-6-18-10/h2-7,14-15H,8H2,1H3. The minimum absolute atomic E-state index is 0.487. The van der Waals surface area contributed by atoms with Crippen molar-refractivity contribution in [1.29, 1.82) is 0 Å². The Labute approximate surface area is 121 Å². The SMILES string of the molecule is CS(=O)(=O)Nc1ccc(Cl)c(NCc2cccs2)c1. The molecule has 0 spiro atoms. The van der Waals surface area contributed by atoms with Crippen molar-refractivity contribution in [3.63, 3.8) is 0 Å². The van der Waals surface area contributed by atoms with Gasteiger partial charge in [0.1, 0.15) is 0 Å². The number of rotatable bonds is 5. The van der Waals surface area contributed by atoms with Crippen LogP contribution in [0.5, 0.6) is 0 Å². The molecule has 2 aromatic rings. The number of thiophene rings is 1. The molecule has 4 nitrogen and oxygen atoms in total. The van der Waals surface area contributed by atoms with Gasteiger partial charge >= 0.3 is 0 Å². The van der Waals surface area contributed by atoms with Crippen LogP contribution in [0.1, 0.15) is 4.88 Å². The van der Waals surface area contributed by atoms with E-state index in [4.69, 9.17) is 11.6 Å². The fraction of sp³-hybridized carbons (Fsp3) is 0.167. The first-order chi connectivity index (χ1) is 8.94. The Hall–Kier alpha value is -1.24. The predicted molar refractivity (Wildman–Crippen MR) is 81.6 cm³/mol. The summed E-state index contributed by atoms with van der Waals surface area (Å²) in [7, 11) is -3.28. The Balaban J connectivity index is 2.13. The highest BCUT2D eigenvalue weighted by molar-refractivity contribution is 7.92. The molecule has 0 aliphatic rings. The highest BCUT2D eigenvalue weighted by atomic mass is 35.5. The Morgan fingerprint density at radius 3 is 2.74 bits per heavy atom. The van der Waals surface area contributed by atoms with Gasteiger partial charge in [-0.1, -0.05) is 17.7 Å². The summed E-state index contributed by atoms with van der Waals surface area (Å²) in [5.74, 6) is 0. The third-order valence-electron chi connectivity index (χ3n) is 2.30. The van der Waals surface area contributed by atoms with Gasteiger partial charge in [0, 0.05) is 11.4 Å². The molecule has 0 atom stereocenters. The topological polar surface area (TPSA) is 58.2 Å². The lowest BCUT2D eigenvalue weighted by molar-refractivity contribution is 0.607. The van der Waals surface area contributed by atoms with Gasteiger partial charge in [-0.25, -0.2) is 8.42 Å². The number of benzene rings is 1. The smallest absolute Gasteiger partial charge is 0.229 e. The van der Waals surface area contributed by atoms with Gasteiger partial charge in [0.2, 0.25) is 10.0 Å². The average molecular weight is 317 g/mol. The Kier molecular flexibility index (Phi) is 4.34. The van der Waals surface area contributed by atoms with Crippen molar-refractivity contribution in [3.8, 4) is 0 Å². The number of anilines is 2. The fourth-order valence-electron chi connectivity index (χ4n) is 1.53. The fourth-order valence-corrected chi connectivity index (χ4v) is 2.92. The molecule has 1 aromatic carbocycles. The molecule has 2 N–H and O–H groups in total. The van der Waals surface area contributed by atoms with E-state index in [2.05, 4.69) is 10.0 Å². The maximum atomic E-state index is 11.2. The Bertz CT molecular complexity index is 654. The number of sulfonamides is 1. The van der Waals surface area contributed by atoms with Gasteiger partial charge in [0.15, 0.2) is 0 Å². The molecule has 1 aromatic heterocycles. The zero-order valence-electron chi connectivity index (χ0n) is 10.2. The second kappa shape index (κ2) is 5.81. The second-order valence-electron chi connectivity index (χ2n) is 4.00. The monoisotopic (exact) mass is 316 g/mol. The van der Waals surface area contributed by atoms with E-state index in [1.54, 1.807) is 29.5 Å². The zero-order chi connectivity index (χ0) is 13.9. The minimum atomic E-state index is -3.28. The molecule has 2 rings (SSSR count). The third kappa shape index (κ3) is 4.41. The summed E-state index contributed by atoms with van der Waals surface area (Å²) in [6.07, 6.45) is 1.11. The van der Waals surface area contributed by atoms with Crippen molar-refractivity contribution in [2.24, 2.45) is 0 Å². The summed E-state index contributed by atoms with van der Waals surface area (Å²) in [6.45, 7) is 0.652. The molecule has 0 fully saturated rings. The van der Waals surface area contributed by atoms with Crippen LogP contribution in [0.2, 0.25) is 5.02 Å². The van der Waals surface area contributed by atoms with Crippen LogP contribution in [-0.2, 0) is 16.6 Å². The Morgan fingerprint density at radius 2 is 2.11 bits per heavy atom. The van der Waals surface area contributed by atoms with E-state index in [1.165, 1.54) is 4.88 Å². The van der Waals surface area contributed by atoms with Crippen LogP contribution in [0.4, 0.5) is 11.4 Å². The molecule has 0 bridgehead atoms. The number of hydrogen-bond acceptors (Lipinski definition) is 4. The minimum Gasteiger partial charge on any atom is -0.379 e. The third-order valence-corrected chi connectivity index (χ3v) is 4.12. The molecule has 0 amide bonds. The summed E-state index contributed by atoms with van der Waals surface area (Å²) in [5.41, 5.74) is 1.18. The van der Waals surface area contributed by atoms with E-state index in [-0.39, 0.29) is 0 Å². The van der Waals surface area contributed by atoms with E-state index in [9.17, 15) is 8.42 Å². The van der Waals surface area contributed by atoms with Crippen molar-refractivity contribution in [1.82, 2.24) is 0 Å². The van der Waals surface area contributed by atoms with Crippen molar-refractivity contribution < 1.29 is 8.42 Å². The summed E-state index contributed by atoms with van der Waals surface area (Å²) in [4.78, 5) is 1.18. The van der Waals surface area contributed by atoms with Crippen LogP contribution in [-0.4, -0.2) is 14.7 Å². The van der Waals surface area contributed by atoms with Crippen LogP contribution in [0, 0.1) is 0 Å². The summed E-state index contributed by atoms with van der Waals surface area (Å²) in [6, 6.07) is 8.96. The van der Waals surface area contributed by atoms with Gasteiger partial charge < -0.3 is 5.32 Å². The molecule has 7 heteroatoms. The van der Waals surface area contributed by atoms with Gasteiger partial charge in [-0.15, -0.1) is 11.3 Å². The first kappa shape index (κ1) is 14.2.